The van der Waals surface area contributed by atoms with E-state index < -0.39 is 49.5 Å². The lowest BCUT2D eigenvalue weighted by atomic mass is 9.99. The van der Waals surface area contributed by atoms with E-state index >= 15 is 0 Å². The number of unbranched alkanes of at least 4 members (excludes halogenated alkanes) is 22. The van der Waals surface area contributed by atoms with Crippen LogP contribution in [0.5, 0.6) is 0 Å². The summed E-state index contributed by atoms with van der Waals surface area (Å²) in [6, 6.07) is -0.707. The first kappa shape index (κ1) is 44.2. The molecule has 1 aliphatic heterocycles. The number of amides is 1. The third kappa shape index (κ3) is 21.8. The molecule has 1 fully saturated rings. The largest absolute Gasteiger partial charge is 0.394 e. The lowest BCUT2D eigenvalue weighted by Gasteiger charge is -2.40. The number of carbonyl (C=O) groups excluding carboxylic acids is 1. The van der Waals surface area contributed by atoms with Crippen molar-refractivity contribution in [3.05, 3.63) is 0 Å². The quantitative estimate of drug-likeness (QED) is 0.0426. The highest BCUT2D eigenvalue weighted by molar-refractivity contribution is 5.76. The van der Waals surface area contributed by atoms with E-state index in [2.05, 4.69) is 12.2 Å². The average Bonchev–Trinajstić information content (AvgIpc) is 3.07. The van der Waals surface area contributed by atoms with E-state index in [1.807, 2.05) is 6.92 Å². The van der Waals surface area contributed by atoms with E-state index in [9.17, 15) is 30.3 Å². The highest BCUT2D eigenvalue weighted by Gasteiger charge is 2.44. The van der Waals surface area contributed by atoms with Gasteiger partial charge >= 0.3 is 0 Å². The standard InChI is InChI=1S/C38H75NO8/c1-3-5-7-8-9-10-11-12-13-14-15-16-17-18-19-20-21-22-23-24-25-26-27-32(41)31(39-34(42)28-6-4-2)30-46-38-37(45)36(44)35(43)33(29-40)47-38/h31-33,35-38,40-41,43-45H,3-30H2,1-2H3,(H,39,42). The van der Waals surface area contributed by atoms with Crippen molar-refractivity contribution in [2.45, 2.75) is 224 Å². The summed E-state index contributed by atoms with van der Waals surface area (Å²) in [5, 5.41) is 53.5. The number of aliphatic hydroxyl groups is 5. The lowest BCUT2D eigenvalue weighted by molar-refractivity contribution is -0.302. The van der Waals surface area contributed by atoms with Gasteiger partial charge in [0.15, 0.2) is 6.29 Å². The van der Waals surface area contributed by atoms with Crippen molar-refractivity contribution >= 4 is 5.91 Å². The van der Waals surface area contributed by atoms with Crippen molar-refractivity contribution in [1.82, 2.24) is 5.32 Å². The maximum absolute atomic E-state index is 12.4. The predicted octanol–water partition coefficient (Wildman–Crippen LogP) is 6.83. The second-order valence-electron chi connectivity index (χ2n) is 14.1. The van der Waals surface area contributed by atoms with Crippen LogP contribution in [-0.2, 0) is 14.3 Å². The first-order valence-corrected chi connectivity index (χ1v) is 19.7. The van der Waals surface area contributed by atoms with Crippen LogP contribution in [0.3, 0.4) is 0 Å². The van der Waals surface area contributed by atoms with Gasteiger partial charge in [-0.1, -0.05) is 162 Å². The molecule has 9 heteroatoms. The van der Waals surface area contributed by atoms with Crippen molar-refractivity contribution in [2.24, 2.45) is 0 Å². The van der Waals surface area contributed by atoms with Gasteiger partial charge in [0.25, 0.3) is 0 Å². The molecule has 1 amide bonds. The molecular formula is C38H75NO8. The fraction of sp³-hybridized carbons (Fsp3) is 0.974. The third-order valence-electron chi connectivity index (χ3n) is 9.71. The second kappa shape index (κ2) is 30.1. The van der Waals surface area contributed by atoms with E-state index in [4.69, 9.17) is 9.47 Å². The Balaban J connectivity index is 2.11. The zero-order valence-electron chi connectivity index (χ0n) is 30.3. The van der Waals surface area contributed by atoms with E-state index in [1.54, 1.807) is 0 Å². The molecule has 1 aliphatic rings. The minimum absolute atomic E-state index is 0.138. The zero-order valence-corrected chi connectivity index (χ0v) is 30.3. The number of hydrogen-bond acceptors (Lipinski definition) is 8. The summed E-state index contributed by atoms with van der Waals surface area (Å²) in [4.78, 5) is 12.4. The molecule has 0 saturated carbocycles. The summed E-state index contributed by atoms with van der Waals surface area (Å²) < 4.78 is 11.1. The fourth-order valence-electron chi connectivity index (χ4n) is 6.43. The predicted molar refractivity (Wildman–Crippen MR) is 189 cm³/mol. The summed E-state index contributed by atoms with van der Waals surface area (Å²) >= 11 is 0. The molecule has 9 nitrogen and oxygen atoms in total. The van der Waals surface area contributed by atoms with Crippen molar-refractivity contribution < 1.29 is 39.8 Å². The molecule has 47 heavy (non-hydrogen) atoms. The van der Waals surface area contributed by atoms with Gasteiger partial charge in [-0.25, -0.2) is 0 Å². The van der Waals surface area contributed by atoms with Gasteiger partial charge in [-0.15, -0.1) is 0 Å². The van der Waals surface area contributed by atoms with E-state index in [0.717, 1.165) is 32.1 Å². The maximum atomic E-state index is 12.4. The first-order chi connectivity index (χ1) is 22.8. The first-order valence-electron chi connectivity index (χ1n) is 19.7. The Hall–Kier alpha value is -0.810. The summed E-state index contributed by atoms with van der Waals surface area (Å²) in [7, 11) is 0. The summed E-state index contributed by atoms with van der Waals surface area (Å²) in [5.41, 5.74) is 0. The van der Waals surface area contributed by atoms with E-state index in [-0.39, 0.29) is 12.5 Å². The molecule has 7 unspecified atom stereocenters. The molecule has 7 atom stereocenters. The molecule has 0 radical (unpaired) electrons. The summed E-state index contributed by atoms with van der Waals surface area (Å²) in [5.74, 6) is -0.178. The van der Waals surface area contributed by atoms with E-state index in [1.165, 1.54) is 122 Å². The monoisotopic (exact) mass is 674 g/mol. The van der Waals surface area contributed by atoms with Crippen LogP contribution in [0.2, 0.25) is 0 Å². The minimum Gasteiger partial charge on any atom is -0.394 e. The average molecular weight is 674 g/mol. The number of rotatable bonds is 32. The number of nitrogens with one attached hydrogen (secondary N) is 1. The molecule has 1 saturated heterocycles. The van der Waals surface area contributed by atoms with Crippen LogP contribution >= 0.6 is 0 Å². The maximum Gasteiger partial charge on any atom is 0.220 e. The molecular weight excluding hydrogens is 598 g/mol. The minimum atomic E-state index is -1.54. The topological polar surface area (TPSA) is 149 Å². The van der Waals surface area contributed by atoms with Gasteiger partial charge in [-0.3, -0.25) is 4.79 Å². The van der Waals surface area contributed by atoms with Crippen LogP contribution in [0.4, 0.5) is 0 Å². The molecule has 0 bridgehead atoms. The Morgan fingerprint density at radius 1 is 0.638 bits per heavy atom. The van der Waals surface area contributed by atoms with E-state index in [0.29, 0.717) is 12.8 Å². The van der Waals surface area contributed by atoms with Crippen molar-refractivity contribution in [3.8, 4) is 0 Å². The Morgan fingerprint density at radius 2 is 1.06 bits per heavy atom. The number of hydrogen-bond donors (Lipinski definition) is 6. The fourth-order valence-corrected chi connectivity index (χ4v) is 6.43. The third-order valence-corrected chi connectivity index (χ3v) is 9.71. The molecule has 0 aromatic heterocycles. The molecule has 1 heterocycles. The number of aliphatic hydroxyl groups excluding tert-OH is 5. The zero-order chi connectivity index (χ0) is 34.5. The normalized spacial score (nSPS) is 22.7. The molecule has 0 aromatic carbocycles. The Bertz CT molecular complexity index is 711. The van der Waals surface area contributed by atoms with Crippen LogP contribution in [-0.4, -0.2) is 87.5 Å². The van der Waals surface area contributed by atoms with Gasteiger partial charge in [0.2, 0.25) is 5.91 Å². The van der Waals surface area contributed by atoms with Crippen LogP contribution in [0, 0.1) is 0 Å². The van der Waals surface area contributed by atoms with Gasteiger partial charge < -0.3 is 40.3 Å². The Morgan fingerprint density at radius 3 is 1.49 bits per heavy atom. The molecule has 280 valence electrons. The lowest BCUT2D eigenvalue weighted by Crippen LogP contribution is -2.60. The van der Waals surface area contributed by atoms with Gasteiger partial charge in [0, 0.05) is 6.42 Å². The number of ether oxygens (including phenoxy) is 2. The summed E-state index contributed by atoms with van der Waals surface area (Å²) in [6.07, 6.45) is 23.8. The van der Waals surface area contributed by atoms with Crippen molar-refractivity contribution in [2.75, 3.05) is 13.2 Å². The Labute approximate surface area is 287 Å². The number of carbonyl (C=O) groups is 1. The highest BCUT2D eigenvalue weighted by atomic mass is 16.7. The molecule has 6 N–H and O–H groups in total. The van der Waals surface area contributed by atoms with Crippen LogP contribution in [0.25, 0.3) is 0 Å². The SMILES string of the molecule is CCCCCCCCCCCCCCCCCCCCCCCCC(O)C(COC1OC(CO)C(O)C(O)C1O)NC(=O)CCCC. The van der Waals surface area contributed by atoms with Crippen molar-refractivity contribution in [1.29, 1.82) is 0 Å². The smallest absolute Gasteiger partial charge is 0.220 e. The van der Waals surface area contributed by atoms with Crippen LogP contribution < -0.4 is 5.32 Å². The van der Waals surface area contributed by atoms with Crippen LogP contribution in [0.15, 0.2) is 0 Å². The van der Waals surface area contributed by atoms with Gasteiger partial charge in [-0.05, 0) is 12.8 Å². The summed E-state index contributed by atoms with van der Waals surface area (Å²) in [6.45, 7) is 3.59. The van der Waals surface area contributed by atoms with Gasteiger partial charge in [-0.2, -0.15) is 0 Å². The highest BCUT2D eigenvalue weighted by Crippen LogP contribution is 2.23. The molecule has 0 spiro atoms. The molecule has 0 aliphatic carbocycles. The second-order valence-corrected chi connectivity index (χ2v) is 14.1. The van der Waals surface area contributed by atoms with Gasteiger partial charge in [0.1, 0.15) is 24.4 Å². The van der Waals surface area contributed by atoms with Crippen LogP contribution in [0.1, 0.15) is 181 Å². The van der Waals surface area contributed by atoms with Gasteiger partial charge in [0.05, 0.1) is 25.4 Å². The Kier molecular flexibility index (Phi) is 28.3. The molecule has 0 aromatic rings. The molecule has 1 rings (SSSR count). The van der Waals surface area contributed by atoms with Crippen molar-refractivity contribution in [3.63, 3.8) is 0 Å².